The van der Waals surface area contributed by atoms with Crippen LogP contribution >= 0.6 is 11.6 Å². The second kappa shape index (κ2) is 7.17. The van der Waals surface area contributed by atoms with Crippen LogP contribution in [0.3, 0.4) is 0 Å². The van der Waals surface area contributed by atoms with Crippen molar-refractivity contribution in [2.75, 3.05) is 13.1 Å². The Balaban J connectivity index is 1.52. The van der Waals surface area contributed by atoms with E-state index in [1.54, 1.807) is 9.42 Å². The maximum Gasteiger partial charge on any atom is 0.410 e. The third-order valence-corrected chi connectivity index (χ3v) is 4.50. The van der Waals surface area contributed by atoms with E-state index in [9.17, 15) is 4.79 Å². The summed E-state index contributed by atoms with van der Waals surface area (Å²) < 4.78 is 7.16. The van der Waals surface area contributed by atoms with Gasteiger partial charge < -0.3 is 15.0 Å². The predicted molar refractivity (Wildman–Crippen MR) is 95.7 cm³/mol. The van der Waals surface area contributed by atoms with Gasteiger partial charge in [0.25, 0.3) is 0 Å². The van der Waals surface area contributed by atoms with Crippen LogP contribution in [0.4, 0.5) is 4.79 Å². The van der Waals surface area contributed by atoms with Gasteiger partial charge in [-0.1, -0.05) is 11.6 Å². The highest BCUT2D eigenvalue weighted by Gasteiger charge is 2.26. The Labute approximate surface area is 152 Å². The van der Waals surface area contributed by atoms with Crippen LogP contribution in [0.5, 0.6) is 0 Å². The summed E-state index contributed by atoms with van der Waals surface area (Å²) in [5.41, 5.74) is 1.45. The monoisotopic (exact) mass is 365 g/mol. The third-order valence-electron chi connectivity index (χ3n) is 4.22. The minimum atomic E-state index is -0.454. The number of amides is 1. The molecule has 3 rings (SSSR count). The van der Waals surface area contributed by atoms with Crippen molar-refractivity contribution in [1.29, 1.82) is 0 Å². The van der Waals surface area contributed by atoms with Crippen LogP contribution in [-0.4, -0.2) is 50.3 Å². The average molecular weight is 366 g/mol. The van der Waals surface area contributed by atoms with E-state index in [1.807, 2.05) is 33.0 Å². The molecule has 1 aliphatic rings. The lowest BCUT2D eigenvalue weighted by molar-refractivity contribution is 0.0198. The van der Waals surface area contributed by atoms with Crippen LogP contribution in [0.15, 0.2) is 18.6 Å². The molecular formula is C17H24ClN5O2. The van der Waals surface area contributed by atoms with Crippen molar-refractivity contribution in [2.45, 2.75) is 51.8 Å². The number of nitrogens with zero attached hydrogens (tertiary/aromatic N) is 4. The molecule has 0 bridgehead atoms. The molecule has 1 amide bonds. The van der Waals surface area contributed by atoms with Gasteiger partial charge in [-0.2, -0.15) is 5.10 Å². The fraction of sp³-hybridized carbons (Fsp3) is 0.588. The van der Waals surface area contributed by atoms with Crippen molar-refractivity contribution < 1.29 is 9.53 Å². The van der Waals surface area contributed by atoms with E-state index in [2.05, 4.69) is 15.4 Å². The first-order chi connectivity index (χ1) is 11.8. The number of aromatic nitrogens is 3. The molecular weight excluding hydrogens is 342 g/mol. The van der Waals surface area contributed by atoms with E-state index < -0.39 is 5.60 Å². The molecule has 1 fully saturated rings. The van der Waals surface area contributed by atoms with Gasteiger partial charge in [0, 0.05) is 31.9 Å². The number of fused-ring (bicyclic) bond motifs is 1. The van der Waals surface area contributed by atoms with Crippen LogP contribution < -0.4 is 5.32 Å². The van der Waals surface area contributed by atoms with Crippen molar-refractivity contribution in [3.05, 3.63) is 29.3 Å². The Morgan fingerprint density at radius 1 is 1.40 bits per heavy atom. The number of nitrogens with one attached hydrogen (secondary N) is 1. The van der Waals surface area contributed by atoms with Crippen molar-refractivity contribution >= 4 is 23.2 Å². The number of carbonyl (C=O) groups excluding carboxylic acids is 1. The summed E-state index contributed by atoms with van der Waals surface area (Å²) in [4.78, 5) is 17.9. The van der Waals surface area contributed by atoms with E-state index in [-0.39, 0.29) is 6.09 Å². The van der Waals surface area contributed by atoms with E-state index in [1.165, 1.54) is 6.33 Å². The van der Waals surface area contributed by atoms with Crippen LogP contribution in [0.1, 0.15) is 39.2 Å². The topological polar surface area (TPSA) is 71.8 Å². The number of carbonyl (C=O) groups is 1. The lowest BCUT2D eigenvalue weighted by Crippen LogP contribution is -2.46. The number of rotatable bonds is 3. The van der Waals surface area contributed by atoms with Gasteiger partial charge in [-0.3, -0.25) is 0 Å². The number of ether oxygens (including phenoxy) is 1. The van der Waals surface area contributed by atoms with E-state index in [0.29, 0.717) is 30.8 Å². The zero-order chi connectivity index (χ0) is 18.0. The average Bonchev–Trinajstić information content (AvgIpc) is 2.96. The van der Waals surface area contributed by atoms with Gasteiger partial charge in [0.05, 0.1) is 0 Å². The SMILES string of the molecule is CC(C)(C)OC(=O)N1CCC(NCc2ccn3ncnc(Cl)c23)CC1. The van der Waals surface area contributed by atoms with Gasteiger partial charge in [-0.25, -0.2) is 14.3 Å². The number of hydrogen-bond acceptors (Lipinski definition) is 5. The molecule has 2 aromatic heterocycles. The lowest BCUT2D eigenvalue weighted by Gasteiger charge is -2.33. The maximum atomic E-state index is 12.1. The highest BCUT2D eigenvalue weighted by Crippen LogP contribution is 2.20. The van der Waals surface area contributed by atoms with E-state index >= 15 is 0 Å². The fourth-order valence-corrected chi connectivity index (χ4v) is 3.22. The van der Waals surface area contributed by atoms with Crippen LogP contribution in [0.25, 0.3) is 5.52 Å². The Kier molecular flexibility index (Phi) is 5.15. The molecule has 0 atom stereocenters. The lowest BCUT2D eigenvalue weighted by atomic mass is 10.1. The van der Waals surface area contributed by atoms with Crippen LogP contribution in [-0.2, 0) is 11.3 Å². The highest BCUT2D eigenvalue weighted by molar-refractivity contribution is 6.32. The van der Waals surface area contributed by atoms with Gasteiger partial charge in [0.15, 0.2) is 5.15 Å². The summed E-state index contributed by atoms with van der Waals surface area (Å²) in [5, 5.41) is 8.15. The normalized spacial score (nSPS) is 16.4. The highest BCUT2D eigenvalue weighted by atomic mass is 35.5. The standard InChI is InChI=1S/C17H24ClN5O2/c1-17(2,3)25-16(24)22-7-5-13(6-8-22)19-10-12-4-9-23-14(12)15(18)20-11-21-23/h4,9,11,13,19H,5-8,10H2,1-3H3. The Morgan fingerprint density at radius 2 is 2.12 bits per heavy atom. The van der Waals surface area contributed by atoms with Crippen molar-refractivity contribution in [2.24, 2.45) is 0 Å². The van der Waals surface area contributed by atoms with Gasteiger partial charge >= 0.3 is 6.09 Å². The zero-order valence-corrected chi connectivity index (χ0v) is 15.6. The molecule has 25 heavy (non-hydrogen) atoms. The quantitative estimate of drug-likeness (QED) is 0.905. The molecule has 2 aromatic rings. The second-order valence-electron chi connectivity index (χ2n) is 7.31. The summed E-state index contributed by atoms with van der Waals surface area (Å²) in [6, 6.07) is 2.36. The minimum Gasteiger partial charge on any atom is -0.444 e. The predicted octanol–water partition coefficient (Wildman–Crippen LogP) is 2.87. The molecule has 0 aromatic carbocycles. The Morgan fingerprint density at radius 3 is 2.80 bits per heavy atom. The molecule has 0 radical (unpaired) electrons. The number of piperidine rings is 1. The Bertz CT molecular complexity index is 747. The largest absolute Gasteiger partial charge is 0.444 e. The van der Waals surface area contributed by atoms with Gasteiger partial charge in [0.1, 0.15) is 17.4 Å². The molecule has 0 aliphatic carbocycles. The van der Waals surface area contributed by atoms with E-state index in [0.717, 1.165) is 23.9 Å². The summed E-state index contributed by atoms with van der Waals surface area (Å²) >= 11 is 6.17. The smallest absolute Gasteiger partial charge is 0.410 e. The van der Waals surface area contributed by atoms with Gasteiger partial charge in [-0.05, 0) is 45.2 Å². The molecule has 1 N–H and O–H groups in total. The molecule has 1 aliphatic heterocycles. The zero-order valence-electron chi connectivity index (χ0n) is 14.8. The first-order valence-electron chi connectivity index (χ1n) is 8.51. The van der Waals surface area contributed by atoms with Crippen molar-refractivity contribution in [3.8, 4) is 0 Å². The van der Waals surface area contributed by atoms with Gasteiger partial charge in [-0.15, -0.1) is 0 Å². The van der Waals surface area contributed by atoms with Crippen molar-refractivity contribution in [1.82, 2.24) is 24.8 Å². The maximum absolute atomic E-state index is 12.1. The summed E-state index contributed by atoms with van der Waals surface area (Å²) in [7, 11) is 0. The first-order valence-corrected chi connectivity index (χ1v) is 8.89. The molecule has 136 valence electrons. The van der Waals surface area contributed by atoms with Gasteiger partial charge in [0.2, 0.25) is 0 Å². The molecule has 3 heterocycles. The summed E-state index contributed by atoms with van der Waals surface area (Å²) in [5.74, 6) is 0. The summed E-state index contributed by atoms with van der Waals surface area (Å²) in [6.45, 7) is 7.75. The third kappa shape index (κ3) is 4.41. The number of halogens is 1. The molecule has 0 saturated carbocycles. The summed E-state index contributed by atoms with van der Waals surface area (Å²) in [6.07, 6.45) is 4.89. The molecule has 0 spiro atoms. The molecule has 1 saturated heterocycles. The number of hydrogen-bond donors (Lipinski definition) is 1. The molecule has 0 unspecified atom stereocenters. The molecule has 8 heteroatoms. The first kappa shape index (κ1) is 17.9. The number of likely N-dealkylation sites (tertiary alicyclic amines) is 1. The second-order valence-corrected chi connectivity index (χ2v) is 7.67. The van der Waals surface area contributed by atoms with Crippen molar-refractivity contribution in [3.63, 3.8) is 0 Å². The van der Waals surface area contributed by atoms with Crippen LogP contribution in [0, 0.1) is 0 Å². The fourth-order valence-electron chi connectivity index (χ4n) is 2.97. The Hall–Kier alpha value is -1.86. The minimum absolute atomic E-state index is 0.228. The molecule has 7 nitrogen and oxygen atoms in total. The van der Waals surface area contributed by atoms with E-state index in [4.69, 9.17) is 16.3 Å². The van der Waals surface area contributed by atoms with Crippen LogP contribution in [0.2, 0.25) is 5.15 Å².